The molecule has 2 rings (SSSR count). The fraction of sp³-hybridized carbons (Fsp3) is 0.286. The van der Waals surface area contributed by atoms with E-state index in [1.807, 2.05) is 36.4 Å². The van der Waals surface area contributed by atoms with Crippen molar-refractivity contribution in [3.05, 3.63) is 43.6 Å². The van der Waals surface area contributed by atoms with Crippen molar-refractivity contribution in [3.8, 4) is 17.1 Å². The fourth-order valence-electron chi connectivity index (χ4n) is 1.80. The molecule has 1 heterocycles. The number of nitrogens with one attached hydrogen (secondary N) is 1. The Hall–Kier alpha value is -1.44. The van der Waals surface area contributed by atoms with Crippen LogP contribution in [0.15, 0.2) is 23.0 Å². The molecule has 0 saturated heterocycles. The van der Waals surface area contributed by atoms with E-state index >= 15 is 0 Å². The van der Waals surface area contributed by atoms with Crippen LogP contribution in [0, 0.1) is 9.39 Å². The second-order valence-electron chi connectivity index (χ2n) is 4.62. The number of benzene rings is 1. The molecule has 0 amide bonds. The van der Waals surface area contributed by atoms with Gasteiger partial charge in [-0.3, -0.25) is 4.79 Å². The summed E-state index contributed by atoms with van der Waals surface area (Å²) in [5, 5.41) is 0. The first-order valence-electron chi connectivity index (χ1n) is 6.07. The monoisotopic (exact) mass is 388 g/mol. The third kappa shape index (κ3) is 2.84. The third-order valence-electron chi connectivity index (χ3n) is 2.86. The lowest BCUT2D eigenvalue weighted by Crippen LogP contribution is -2.17. The fourth-order valence-corrected chi connectivity index (χ4v) is 2.68. The smallest absolute Gasteiger partial charge is 0.264 e. The number of aromatic amines is 1. The summed E-state index contributed by atoms with van der Waals surface area (Å²) in [6, 6.07) is 4.37. The molecule has 0 aliphatic heterocycles. The van der Waals surface area contributed by atoms with Crippen LogP contribution in [0.5, 0.6) is 5.75 Å². The van der Waals surface area contributed by atoms with Crippen LogP contribution in [0.25, 0.3) is 11.4 Å². The maximum atomic E-state index is 13.4. The molecule has 0 atom stereocenters. The van der Waals surface area contributed by atoms with Crippen LogP contribution in [0.3, 0.4) is 0 Å². The standard InChI is InChI=1S/C14H14FIN2O2/c1-7(2)12-11(16)14(19)18-13(17-12)8-4-5-9(15)10(6-8)20-3/h4-7H,1-3H3,(H,17,18,19). The summed E-state index contributed by atoms with van der Waals surface area (Å²) in [5.74, 6) is 0.214. The molecule has 2 aromatic rings. The summed E-state index contributed by atoms with van der Waals surface area (Å²) in [6.45, 7) is 3.94. The van der Waals surface area contributed by atoms with Gasteiger partial charge in [-0.1, -0.05) is 13.8 Å². The average molecular weight is 388 g/mol. The molecule has 0 bridgehead atoms. The summed E-state index contributed by atoms with van der Waals surface area (Å²) in [5.41, 5.74) is 1.15. The van der Waals surface area contributed by atoms with Crippen molar-refractivity contribution in [1.29, 1.82) is 0 Å². The zero-order valence-electron chi connectivity index (χ0n) is 11.3. The van der Waals surface area contributed by atoms with Gasteiger partial charge in [-0.25, -0.2) is 9.37 Å². The van der Waals surface area contributed by atoms with E-state index in [4.69, 9.17) is 4.74 Å². The first kappa shape index (κ1) is 15.0. The van der Waals surface area contributed by atoms with Crippen molar-refractivity contribution >= 4 is 22.6 Å². The largest absolute Gasteiger partial charge is 0.494 e. The minimum absolute atomic E-state index is 0.120. The normalized spacial score (nSPS) is 10.9. The van der Waals surface area contributed by atoms with Crippen LogP contribution in [0.1, 0.15) is 25.5 Å². The van der Waals surface area contributed by atoms with E-state index in [1.54, 1.807) is 6.07 Å². The summed E-state index contributed by atoms with van der Waals surface area (Å²) < 4.78 is 18.9. The zero-order valence-corrected chi connectivity index (χ0v) is 13.5. The molecule has 4 nitrogen and oxygen atoms in total. The van der Waals surface area contributed by atoms with Crippen molar-refractivity contribution in [1.82, 2.24) is 9.97 Å². The number of rotatable bonds is 3. The minimum atomic E-state index is -0.451. The van der Waals surface area contributed by atoms with E-state index in [1.165, 1.54) is 19.2 Å². The molecule has 0 saturated carbocycles. The molecule has 0 aliphatic rings. The Morgan fingerprint density at radius 2 is 2.10 bits per heavy atom. The number of ether oxygens (including phenoxy) is 1. The molecule has 0 unspecified atom stereocenters. The Morgan fingerprint density at radius 1 is 1.40 bits per heavy atom. The molecule has 1 aromatic heterocycles. The van der Waals surface area contributed by atoms with Crippen LogP contribution in [-0.4, -0.2) is 17.1 Å². The molecule has 0 fully saturated rings. The first-order valence-corrected chi connectivity index (χ1v) is 7.15. The Morgan fingerprint density at radius 3 is 2.70 bits per heavy atom. The number of hydrogen-bond acceptors (Lipinski definition) is 3. The van der Waals surface area contributed by atoms with E-state index < -0.39 is 5.82 Å². The Kier molecular flexibility index (Phi) is 4.42. The highest BCUT2D eigenvalue weighted by Gasteiger charge is 2.14. The summed E-state index contributed by atoms with van der Waals surface area (Å²) >= 11 is 1.98. The van der Waals surface area contributed by atoms with Crippen LogP contribution >= 0.6 is 22.6 Å². The highest BCUT2D eigenvalue weighted by molar-refractivity contribution is 14.1. The van der Waals surface area contributed by atoms with Gasteiger partial charge in [0.1, 0.15) is 5.82 Å². The quantitative estimate of drug-likeness (QED) is 0.821. The first-order chi connectivity index (χ1) is 9.43. The van der Waals surface area contributed by atoms with Gasteiger partial charge in [0.25, 0.3) is 5.56 Å². The molecule has 6 heteroatoms. The SMILES string of the molecule is COc1cc(-c2nc(C(C)C)c(I)c(=O)[nH]2)ccc1F. The summed E-state index contributed by atoms with van der Waals surface area (Å²) in [4.78, 5) is 19.1. The van der Waals surface area contributed by atoms with E-state index in [-0.39, 0.29) is 17.2 Å². The molecule has 106 valence electrons. The van der Waals surface area contributed by atoms with Crippen LogP contribution < -0.4 is 10.3 Å². The van der Waals surface area contributed by atoms with Crippen LogP contribution in [0.4, 0.5) is 4.39 Å². The van der Waals surface area contributed by atoms with Gasteiger partial charge in [0.2, 0.25) is 0 Å². The number of nitrogens with zero attached hydrogens (tertiary/aromatic N) is 1. The van der Waals surface area contributed by atoms with Gasteiger partial charge in [0.15, 0.2) is 11.6 Å². The van der Waals surface area contributed by atoms with E-state index in [0.717, 1.165) is 5.69 Å². The number of hydrogen-bond donors (Lipinski definition) is 1. The van der Waals surface area contributed by atoms with Crippen molar-refractivity contribution in [2.24, 2.45) is 0 Å². The highest BCUT2D eigenvalue weighted by atomic mass is 127. The maximum absolute atomic E-state index is 13.4. The van der Waals surface area contributed by atoms with Crippen molar-refractivity contribution in [3.63, 3.8) is 0 Å². The lowest BCUT2D eigenvalue weighted by molar-refractivity contribution is 0.386. The topological polar surface area (TPSA) is 55.0 Å². The Balaban J connectivity index is 2.61. The van der Waals surface area contributed by atoms with Gasteiger partial charge in [-0.05, 0) is 46.7 Å². The summed E-state index contributed by atoms with van der Waals surface area (Å²) in [6.07, 6.45) is 0. The second kappa shape index (κ2) is 5.90. The predicted molar refractivity (Wildman–Crippen MR) is 83.6 cm³/mol. The average Bonchev–Trinajstić information content (AvgIpc) is 2.42. The van der Waals surface area contributed by atoms with Crippen molar-refractivity contribution in [2.75, 3.05) is 7.11 Å². The molecule has 20 heavy (non-hydrogen) atoms. The molecular weight excluding hydrogens is 374 g/mol. The zero-order chi connectivity index (χ0) is 14.9. The van der Waals surface area contributed by atoms with Gasteiger partial charge in [-0.15, -0.1) is 0 Å². The molecule has 0 radical (unpaired) electrons. The number of halogens is 2. The van der Waals surface area contributed by atoms with E-state index in [0.29, 0.717) is 15.0 Å². The van der Waals surface area contributed by atoms with Crippen molar-refractivity contribution in [2.45, 2.75) is 19.8 Å². The maximum Gasteiger partial charge on any atom is 0.264 e. The molecule has 0 spiro atoms. The molecule has 1 N–H and O–H groups in total. The molecule has 0 aliphatic carbocycles. The second-order valence-corrected chi connectivity index (χ2v) is 5.70. The van der Waals surface area contributed by atoms with E-state index in [9.17, 15) is 9.18 Å². The number of aromatic nitrogens is 2. The Bertz CT molecular complexity index is 698. The summed E-state index contributed by atoms with van der Waals surface area (Å²) in [7, 11) is 1.39. The molecule has 1 aromatic carbocycles. The van der Waals surface area contributed by atoms with Gasteiger partial charge < -0.3 is 9.72 Å². The minimum Gasteiger partial charge on any atom is -0.494 e. The number of H-pyrrole nitrogens is 1. The van der Waals surface area contributed by atoms with Gasteiger partial charge in [-0.2, -0.15) is 0 Å². The lowest BCUT2D eigenvalue weighted by Gasteiger charge is -2.10. The molecular formula is C14H14FIN2O2. The van der Waals surface area contributed by atoms with Gasteiger partial charge >= 0.3 is 0 Å². The van der Waals surface area contributed by atoms with Crippen LogP contribution in [0.2, 0.25) is 0 Å². The van der Waals surface area contributed by atoms with Crippen molar-refractivity contribution < 1.29 is 9.13 Å². The lowest BCUT2D eigenvalue weighted by atomic mass is 10.1. The number of methoxy groups -OCH3 is 1. The van der Waals surface area contributed by atoms with Gasteiger partial charge in [0, 0.05) is 5.56 Å². The van der Waals surface area contributed by atoms with Crippen LogP contribution in [-0.2, 0) is 0 Å². The highest BCUT2D eigenvalue weighted by Crippen LogP contribution is 2.25. The van der Waals surface area contributed by atoms with E-state index in [2.05, 4.69) is 9.97 Å². The third-order valence-corrected chi connectivity index (χ3v) is 3.90. The Labute approximate surface area is 129 Å². The predicted octanol–water partition coefficient (Wildman–Crippen LogP) is 3.31. The van der Waals surface area contributed by atoms with Gasteiger partial charge in [0.05, 0.1) is 16.4 Å².